The van der Waals surface area contributed by atoms with Crippen LogP contribution in [0.1, 0.15) is 48.2 Å². The van der Waals surface area contributed by atoms with Gasteiger partial charge in [-0.1, -0.05) is 6.42 Å². The molecule has 0 saturated heterocycles. The van der Waals surface area contributed by atoms with Crippen LogP contribution in [0, 0.1) is 24.7 Å². The van der Waals surface area contributed by atoms with E-state index in [2.05, 4.69) is 5.10 Å². The van der Waals surface area contributed by atoms with Crippen molar-refractivity contribution in [2.75, 3.05) is 0 Å². The Balaban J connectivity index is 1.69. The first-order valence-electron chi connectivity index (χ1n) is 6.67. The van der Waals surface area contributed by atoms with Gasteiger partial charge in [0.25, 0.3) is 0 Å². The van der Waals surface area contributed by atoms with E-state index in [0.29, 0.717) is 11.7 Å². The van der Waals surface area contributed by atoms with Gasteiger partial charge in [-0.3, -0.25) is 9.48 Å². The number of Topliss-reactive ketones (excluding diaryl/α,β-unsaturated/α-hetero) is 1. The highest BCUT2D eigenvalue weighted by Gasteiger charge is 2.40. The summed E-state index contributed by atoms with van der Waals surface area (Å²) >= 11 is 0. The molecule has 1 heterocycles. The van der Waals surface area contributed by atoms with Gasteiger partial charge < -0.3 is 0 Å². The lowest BCUT2D eigenvalue weighted by molar-refractivity contribution is 0.0943. The molecule has 0 N–H and O–H groups in total. The lowest BCUT2D eigenvalue weighted by Gasteiger charge is -2.20. The Labute approximate surface area is 102 Å². The first-order valence-corrected chi connectivity index (χ1v) is 6.67. The summed E-state index contributed by atoms with van der Waals surface area (Å²) in [5.41, 5.74) is 1.70. The van der Waals surface area contributed by atoms with Crippen molar-refractivity contribution in [1.29, 1.82) is 0 Å². The van der Waals surface area contributed by atoms with Gasteiger partial charge in [0.15, 0.2) is 5.78 Å². The van der Waals surface area contributed by atoms with Crippen molar-refractivity contribution in [1.82, 2.24) is 9.78 Å². The predicted molar refractivity (Wildman–Crippen MR) is 65.8 cm³/mol. The van der Waals surface area contributed by atoms with Crippen LogP contribution in [-0.2, 0) is 7.05 Å². The molecule has 17 heavy (non-hydrogen) atoms. The molecule has 0 amide bonds. The van der Waals surface area contributed by atoms with Crippen LogP contribution in [0.2, 0.25) is 0 Å². The molecule has 0 spiro atoms. The summed E-state index contributed by atoms with van der Waals surface area (Å²) in [5.74, 6) is 2.71. The summed E-state index contributed by atoms with van der Waals surface area (Å²) in [7, 11) is 1.88. The Morgan fingerprint density at radius 3 is 2.82 bits per heavy atom. The largest absolute Gasteiger partial charge is 0.294 e. The van der Waals surface area contributed by atoms with Gasteiger partial charge in [-0.2, -0.15) is 5.10 Å². The maximum atomic E-state index is 12.3. The fourth-order valence-corrected chi connectivity index (χ4v) is 3.85. The van der Waals surface area contributed by atoms with E-state index in [1.54, 1.807) is 4.68 Å². The minimum atomic E-state index is 0.299. The average Bonchev–Trinajstić information content (AvgIpc) is 2.93. The molecule has 2 bridgehead atoms. The molecule has 2 aliphatic carbocycles. The number of carbonyl (C=O) groups excluding carboxylic acids is 1. The number of hydrogen-bond donors (Lipinski definition) is 0. The summed E-state index contributed by atoms with van der Waals surface area (Å²) in [4.78, 5) is 12.3. The van der Waals surface area contributed by atoms with Crippen LogP contribution >= 0.6 is 0 Å². The van der Waals surface area contributed by atoms with Gasteiger partial charge in [-0.15, -0.1) is 0 Å². The Morgan fingerprint density at radius 2 is 2.29 bits per heavy atom. The van der Waals surface area contributed by atoms with Crippen LogP contribution in [0.4, 0.5) is 0 Å². The molecule has 3 nitrogen and oxygen atoms in total. The molecular formula is C14H20N2O. The van der Waals surface area contributed by atoms with Crippen molar-refractivity contribution in [3.05, 3.63) is 17.5 Å². The van der Waals surface area contributed by atoms with Crippen molar-refractivity contribution < 1.29 is 4.79 Å². The molecular weight excluding hydrogens is 212 g/mol. The predicted octanol–water partition coefficient (Wildman–Crippen LogP) is 2.74. The molecule has 3 rings (SSSR count). The van der Waals surface area contributed by atoms with E-state index < -0.39 is 0 Å². The number of aromatic nitrogens is 2. The highest BCUT2D eigenvalue weighted by molar-refractivity contribution is 5.97. The molecule has 2 aliphatic rings. The van der Waals surface area contributed by atoms with E-state index in [0.717, 1.165) is 29.5 Å². The van der Waals surface area contributed by atoms with Gasteiger partial charge >= 0.3 is 0 Å². The lowest BCUT2D eigenvalue weighted by Crippen LogP contribution is -2.15. The van der Waals surface area contributed by atoms with E-state index in [9.17, 15) is 4.79 Å². The van der Waals surface area contributed by atoms with E-state index in [1.165, 1.54) is 25.7 Å². The van der Waals surface area contributed by atoms with Crippen LogP contribution in [0.5, 0.6) is 0 Å². The second-order valence-corrected chi connectivity index (χ2v) is 5.86. The first-order chi connectivity index (χ1) is 8.13. The minimum absolute atomic E-state index is 0.299. The van der Waals surface area contributed by atoms with Gasteiger partial charge in [0.1, 0.15) is 0 Å². The quantitative estimate of drug-likeness (QED) is 0.751. The van der Waals surface area contributed by atoms with Crippen LogP contribution < -0.4 is 0 Å². The Kier molecular flexibility index (Phi) is 2.57. The smallest absolute Gasteiger partial charge is 0.166 e. The van der Waals surface area contributed by atoms with E-state index in [-0.39, 0.29) is 0 Å². The number of nitrogens with zero attached hydrogens (tertiary/aromatic N) is 2. The number of aryl methyl sites for hydroxylation is 2. The van der Waals surface area contributed by atoms with Gasteiger partial charge in [-0.05, 0) is 43.9 Å². The van der Waals surface area contributed by atoms with Gasteiger partial charge in [0.2, 0.25) is 0 Å². The minimum Gasteiger partial charge on any atom is -0.294 e. The van der Waals surface area contributed by atoms with Crippen molar-refractivity contribution in [2.45, 2.75) is 39.0 Å². The number of rotatable bonds is 3. The molecule has 3 heteroatoms. The molecule has 0 radical (unpaired) electrons. The summed E-state index contributed by atoms with van der Waals surface area (Å²) in [6.07, 6.45) is 8.04. The third-order valence-electron chi connectivity index (χ3n) is 4.65. The topological polar surface area (TPSA) is 34.9 Å². The monoisotopic (exact) mass is 232 g/mol. The van der Waals surface area contributed by atoms with Crippen LogP contribution in [0.25, 0.3) is 0 Å². The normalized spacial score (nSPS) is 31.1. The molecule has 0 aliphatic heterocycles. The van der Waals surface area contributed by atoms with E-state index in [1.807, 2.05) is 20.2 Å². The number of fused-ring (bicyclic) bond motifs is 2. The molecule has 0 aromatic carbocycles. The number of hydrogen-bond acceptors (Lipinski definition) is 2. The first kappa shape index (κ1) is 11.0. The fourth-order valence-electron chi connectivity index (χ4n) is 3.85. The summed E-state index contributed by atoms with van der Waals surface area (Å²) in [6.45, 7) is 1.92. The van der Waals surface area contributed by atoms with Gasteiger partial charge in [-0.25, -0.2) is 0 Å². The van der Waals surface area contributed by atoms with Crippen molar-refractivity contribution in [2.24, 2.45) is 24.8 Å². The van der Waals surface area contributed by atoms with Crippen LogP contribution in [-0.4, -0.2) is 15.6 Å². The second-order valence-electron chi connectivity index (χ2n) is 5.86. The Morgan fingerprint density at radius 1 is 1.47 bits per heavy atom. The molecule has 3 unspecified atom stereocenters. The van der Waals surface area contributed by atoms with E-state index >= 15 is 0 Å². The third kappa shape index (κ3) is 1.92. The fraction of sp³-hybridized carbons (Fsp3) is 0.714. The molecule has 2 fully saturated rings. The third-order valence-corrected chi connectivity index (χ3v) is 4.65. The molecule has 2 saturated carbocycles. The molecule has 1 aromatic rings. The zero-order valence-corrected chi connectivity index (χ0v) is 10.6. The number of carbonyl (C=O) groups is 1. The molecule has 92 valence electrons. The van der Waals surface area contributed by atoms with Crippen molar-refractivity contribution >= 4 is 5.78 Å². The van der Waals surface area contributed by atoms with Gasteiger partial charge in [0.05, 0.1) is 11.3 Å². The maximum Gasteiger partial charge on any atom is 0.166 e. The summed E-state index contributed by atoms with van der Waals surface area (Å²) in [6, 6.07) is 0. The van der Waals surface area contributed by atoms with E-state index in [4.69, 9.17) is 0 Å². The second kappa shape index (κ2) is 3.97. The standard InChI is InChI=1S/C14H20N2O/c1-9-13(8-16(2)15-9)14(17)7-12-6-10-3-4-11(12)5-10/h8,10-12H,3-7H2,1-2H3. The SMILES string of the molecule is Cc1nn(C)cc1C(=O)CC1CC2CCC1C2. The van der Waals surface area contributed by atoms with Crippen LogP contribution in [0.15, 0.2) is 6.20 Å². The highest BCUT2D eigenvalue weighted by Crippen LogP contribution is 2.49. The van der Waals surface area contributed by atoms with Crippen molar-refractivity contribution in [3.63, 3.8) is 0 Å². The number of ketones is 1. The molecule has 3 atom stereocenters. The zero-order valence-electron chi connectivity index (χ0n) is 10.6. The highest BCUT2D eigenvalue weighted by atomic mass is 16.1. The summed E-state index contributed by atoms with van der Waals surface area (Å²) in [5, 5.41) is 4.25. The van der Waals surface area contributed by atoms with Crippen molar-refractivity contribution in [3.8, 4) is 0 Å². The van der Waals surface area contributed by atoms with Crippen LogP contribution in [0.3, 0.4) is 0 Å². The lowest BCUT2D eigenvalue weighted by atomic mass is 9.84. The Bertz CT molecular complexity index is 449. The average molecular weight is 232 g/mol. The maximum absolute atomic E-state index is 12.3. The zero-order chi connectivity index (χ0) is 12.0. The molecule has 1 aromatic heterocycles. The Hall–Kier alpha value is -1.12. The van der Waals surface area contributed by atoms with Gasteiger partial charge in [0, 0.05) is 19.7 Å². The summed E-state index contributed by atoms with van der Waals surface area (Å²) < 4.78 is 1.74.